The second-order valence-corrected chi connectivity index (χ2v) is 4.91. The molecule has 0 aromatic heterocycles. The van der Waals surface area contributed by atoms with Crippen LogP contribution in [0.4, 0.5) is 0 Å². The molecule has 0 amide bonds. The highest BCUT2D eigenvalue weighted by atomic mass is 16.5. The number of esters is 1. The van der Waals surface area contributed by atoms with Gasteiger partial charge in [-0.25, -0.2) is 0 Å². The van der Waals surface area contributed by atoms with Gasteiger partial charge in [0.15, 0.2) is 0 Å². The monoisotopic (exact) mass is 263 g/mol. The molecule has 1 rings (SSSR count). The molecule has 0 heterocycles. The van der Waals surface area contributed by atoms with Crippen LogP contribution < -0.4 is 5.32 Å². The maximum Gasteiger partial charge on any atom is 0.302 e. The molecule has 1 N–H and O–H groups in total. The molecule has 1 aromatic carbocycles. The first-order valence-electron chi connectivity index (χ1n) is 7.07. The Morgan fingerprint density at radius 2 is 1.89 bits per heavy atom. The molecule has 0 saturated carbocycles. The van der Waals surface area contributed by atoms with E-state index in [1.165, 1.54) is 18.1 Å². The molecule has 1 aromatic rings. The zero-order valence-electron chi connectivity index (χ0n) is 12.2. The topological polar surface area (TPSA) is 38.3 Å². The Morgan fingerprint density at radius 1 is 1.26 bits per heavy atom. The van der Waals surface area contributed by atoms with Crippen LogP contribution in [0.3, 0.4) is 0 Å². The normalized spacial score (nSPS) is 12.2. The number of carbonyl (C=O) groups is 1. The van der Waals surface area contributed by atoms with Gasteiger partial charge >= 0.3 is 5.97 Å². The molecule has 0 radical (unpaired) electrons. The summed E-state index contributed by atoms with van der Waals surface area (Å²) in [7, 11) is 0. The summed E-state index contributed by atoms with van der Waals surface area (Å²) in [6, 6.07) is 8.71. The summed E-state index contributed by atoms with van der Waals surface area (Å²) in [6.45, 7) is 7.39. The summed E-state index contributed by atoms with van der Waals surface area (Å²) >= 11 is 0. The Morgan fingerprint density at radius 3 is 2.47 bits per heavy atom. The number of hydrogen-bond donors (Lipinski definition) is 1. The van der Waals surface area contributed by atoms with Gasteiger partial charge in [-0.3, -0.25) is 4.79 Å². The van der Waals surface area contributed by atoms with E-state index in [-0.39, 0.29) is 12.1 Å². The minimum atomic E-state index is -0.198. The van der Waals surface area contributed by atoms with Crippen molar-refractivity contribution in [2.45, 2.75) is 52.7 Å². The standard InChI is InChI=1S/C16H25NO2/c1-4-15-7-9-16(10-8-15)12-17-11-5-6-13(2)19-14(3)18/h7-10,13,17H,4-6,11-12H2,1-3H3. The molecule has 3 heteroatoms. The Labute approximate surface area is 116 Å². The third-order valence-electron chi connectivity index (χ3n) is 3.09. The van der Waals surface area contributed by atoms with Gasteiger partial charge in [-0.05, 0) is 43.9 Å². The first-order chi connectivity index (χ1) is 9.11. The number of ether oxygens (including phenoxy) is 1. The lowest BCUT2D eigenvalue weighted by molar-refractivity contribution is -0.145. The van der Waals surface area contributed by atoms with Crippen LogP contribution in [-0.4, -0.2) is 18.6 Å². The van der Waals surface area contributed by atoms with Crippen LogP contribution in [0.5, 0.6) is 0 Å². The summed E-state index contributed by atoms with van der Waals surface area (Å²) < 4.78 is 5.07. The number of carbonyl (C=O) groups excluding carboxylic acids is 1. The van der Waals surface area contributed by atoms with Crippen LogP contribution >= 0.6 is 0 Å². The molecule has 0 fully saturated rings. The fourth-order valence-electron chi connectivity index (χ4n) is 1.98. The smallest absolute Gasteiger partial charge is 0.302 e. The van der Waals surface area contributed by atoms with Crippen molar-refractivity contribution >= 4 is 5.97 Å². The minimum absolute atomic E-state index is 0.0168. The third-order valence-corrected chi connectivity index (χ3v) is 3.09. The third kappa shape index (κ3) is 6.97. The van der Waals surface area contributed by atoms with Crippen molar-refractivity contribution in [3.05, 3.63) is 35.4 Å². The molecule has 1 atom stereocenters. The first-order valence-corrected chi connectivity index (χ1v) is 7.07. The fraction of sp³-hybridized carbons (Fsp3) is 0.562. The van der Waals surface area contributed by atoms with Crippen LogP contribution in [0, 0.1) is 0 Å². The molecule has 0 aliphatic heterocycles. The van der Waals surface area contributed by atoms with Gasteiger partial charge in [-0.15, -0.1) is 0 Å². The quantitative estimate of drug-likeness (QED) is 0.578. The zero-order valence-corrected chi connectivity index (χ0v) is 12.2. The Bertz CT molecular complexity index is 373. The molecule has 0 aliphatic carbocycles. The summed E-state index contributed by atoms with van der Waals surface area (Å²) in [6.07, 6.45) is 3.02. The summed E-state index contributed by atoms with van der Waals surface area (Å²) in [5, 5.41) is 3.41. The van der Waals surface area contributed by atoms with Gasteiger partial charge in [0, 0.05) is 13.5 Å². The van der Waals surface area contributed by atoms with Crippen LogP contribution in [0.1, 0.15) is 44.7 Å². The Kier molecular flexibility index (Phi) is 7.19. The second kappa shape index (κ2) is 8.70. The Balaban J connectivity index is 2.11. The molecule has 0 saturated heterocycles. The molecule has 0 bridgehead atoms. The molecule has 19 heavy (non-hydrogen) atoms. The lowest BCUT2D eigenvalue weighted by Crippen LogP contribution is -2.18. The summed E-state index contributed by atoms with van der Waals surface area (Å²) in [5.41, 5.74) is 2.68. The van der Waals surface area contributed by atoms with E-state index in [0.717, 1.165) is 32.4 Å². The number of aryl methyl sites for hydroxylation is 1. The first kappa shape index (κ1) is 15.7. The van der Waals surface area contributed by atoms with Crippen molar-refractivity contribution in [1.29, 1.82) is 0 Å². The van der Waals surface area contributed by atoms with E-state index in [4.69, 9.17) is 4.74 Å². The highest BCUT2D eigenvalue weighted by Crippen LogP contribution is 2.05. The molecule has 0 spiro atoms. The van der Waals surface area contributed by atoms with E-state index in [1.54, 1.807) is 0 Å². The number of benzene rings is 1. The van der Waals surface area contributed by atoms with E-state index in [9.17, 15) is 4.79 Å². The van der Waals surface area contributed by atoms with E-state index < -0.39 is 0 Å². The number of nitrogens with one attached hydrogen (secondary N) is 1. The lowest BCUT2D eigenvalue weighted by Gasteiger charge is -2.11. The van der Waals surface area contributed by atoms with Crippen LogP contribution in [0.15, 0.2) is 24.3 Å². The van der Waals surface area contributed by atoms with Crippen molar-refractivity contribution in [3.8, 4) is 0 Å². The van der Waals surface area contributed by atoms with Crippen LogP contribution in [0.2, 0.25) is 0 Å². The van der Waals surface area contributed by atoms with E-state index in [1.807, 2.05) is 6.92 Å². The molecule has 1 unspecified atom stereocenters. The lowest BCUT2D eigenvalue weighted by atomic mass is 10.1. The zero-order chi connectivity index (χ0) is 14.1. The summed E-state index contributed by atoms with van der Waals surface area (Å²) in [5.74, 6) is -0.198. The molecular weight excluding hydrogens is 238 g/mol. The van der Waals surface area contributed by atoms with E-state index >= 15 is 0 Å². The maximum absolute atomic E-state index is 10.7. The van der Waals surface area contributed by atoms with Gasteiger partial charge in [0.1, 0.15) is 0 Å². The molecular formula is C16H25NO2. The molecule has 0 aliphatic rings. The van der Waals surface area contributed by atoms with Crippen molar-refractivity contribution in [2.75, 3.05) is 6.54 Å². The minimum Gasteiger partial charge on any atom is -0.463 e. The predicted molar refractivity (Wildman–Crippen MR) is 78.0 cm³/mol. The maximum atomic E-state index is 10.7. The highest BCUT2D eigenvalue weighted by Gasteiger charge is 2.04. The van der Waals surface area contributed by atoms with Gasteiger partial charge < -0.3 is 10.1 Å². The van der Waals surface area contributed by atoms with Gasteiger partial charge in [-0.1, -0.05) is 31.2 Å². The van der Waals surface area contributed by atoms with E-state index in [0.29, 0.717) is 0 Å². The van der Waals surface area contributed by atoms with Gasteiger partial charge in [-0.2, -0.15) is 0 Å². The van der Waals surface area contributed by atoms with Gasteiger partial charge in [0.05, 0.1) is 6.10 Å². The van der Waals surface area contributed by atoms with Crippen molar-refractivity contribution in [3.63, 3.8) is 0 Å². The SMILES string of the molecule is CCc1ccc(CNCCCC(C)OC(C)=O)cc1. The molecule has 3 nitrogen and oxygen atoms in total. The van der Waals surface area contributed by atoms with Crippen LogP contribution in [-0.2, 0) is 22.5 Å². The van der Waals surface area contributed by atoms with E-state index in [2.05, 4.69) is 36.5 Å². The average molecular weight is 263 g/mol. The summed E-state index contributed by atoms with van der Waals surface area (Å²) in [4.78, 5) is 10.7. The van der Waals surface area contributed by atoms with Crippen molar-refractivity contribution in [1.82, 2.24) is 5.32 Å². The van der Waals surface area contributed by atoms with Crippen LogP contribution in [0.25, 0.3) is 0 Å². The largest absolute Gasteiger partial charge is 0.463 e. The number of hydrogen-bond acceptors (Lipinski definition) is 3. The fourth-order valence-corrected chi connectivity index (χ4v) is 1.98. The van der Waals surface area contributed by atoms with Gasteiger partial charge in [0.25, 0.3) is 0 Å². The Hall–Kier alpha value is -1.35. The molecule has 106 valence electrons. The highest BCUT2D eigenvalue weighted by molar-refractivity contribution is 5.66. The second-order valence-electron chi connectivity index (χ2n) is 4.91. The van der Waals surface area contributed by atoms with Gasteiger partial charge in [0.2, 0.25) is 0 Å². The van der Waals surface area contributed by atoms with Crippen molar-refractivity contribution < 1.29 is 9.53 Å². The average Bonchev–Trinajstić information content (AvgIpc) is 2.38. The predicted octanol–water partition coefficient (Wildman–Crippen LogP) is 3.07. The van der Waals surface area contributed by atoms with Crippen molar-refractivity contribution in [2.24, 2.45) is 0 Å². The number of rotatable bonds is 8.